The number of ether oxygens (including phenoxy) is 1. The highest BCUT2D eigenvalue weighted by atomic mass is 16.5. The van der Waals surface area contributed by atoms with Crippen molar-refractivity contribution in [3.05, 3.63) is 23.9 Å². The second kappa shape index (κ2) is 10.0. The highest BCUT2D eigenvalue weighted by molar-refractivity contribution is 5.79. The molecule has 0 radical (unpaired) electrons. The Labute approximate surface area is 139 Å². The number of nitrogens with zero attached hydrogens (tertiary/aromatic N) is 3. The van der Waals surface area contributed by atoms with Gasteiger partial charge < -0.3 is 20.3 Å². The van der Waals surface area contributed by atoms with Crippen LogP contribution in [0.15, 0.2) is 23.3 Å². The molecule has 0 spiro atoms. The summed E-state index contributed by atoms with van der Waals surface area (Å²) in [4.78, 5) is 11.2. The molecule has 0 unspecified atom stereocenters. The number of aromatic nitrogens is 1. The van der Waals surface area contributed by atoms with Crippen molar-refractivity contribution >= 4 is 11.8 Å². The molecular weight excluding hydrogens is 290 g/mol. The summed E-state index contributed by atoms with van der Waals surface area (Å²) in [7, 11) is 3.46. The molecule has 128 valence electrons. The Morgan fingerprint density at radius 3 is 2.61 bits per heavy atom. The van der Waals surface area contributed by atoms with E-state index in [0.29, 0.717) is 13.2 Å². The highest BCUT2D eigenvalue weighted by Crippen LogP contribution is 2.17. The van der Waals surface area contributed by atoms with Crippen molar-refractivity contribution in [2.45, 2.75) is 32.2 Å². The predicted octanol–water partition coefficient (Wildman–Crippen LogP) is 1.77. The van der Waals surface area contributed by atoms with Crippen molar-refractivity contribution in [1.29, 1.82) is 0 Å². The van der Waals surface area contributed by atoms with Crippen molar-refractivity contribution in [2.24, 2.45) is 4.99 Å². The quantitative estimate of drug-likeness (QED) is 0.475. The normalized spacial score (nSPS) is 16.1. The first-order chi connectivity index (χ1) is 11.3. The summed E-state index contributed by atoms with van der Waals surface area (Å²) in [5.41, 5.74) is 1.15. The van der Waals surface area contributed by atoms with Gasteiger partial charge in [-0.2, -0.15) is 0 Å². The number of nitrogens with one attached hydrogen (secondary N) is 2. The van der Waals surface area contributed by atoms with Crippen molar-refractivity contribution in [3.63, 3.8) is 0 Å². The lowest BCUT2D eigenvalue weighted by atomic mass is 10.2. The van der Waals surface area contributed by atoms with Gasteiger partial charge in [0.2, 0.25) is 0 Å². The van der Waals surface area contributed by atoms with Gasteiger partial charge in [-0.05, 0) is 24.5 Å². The number of pyridine rings is 1. The second-order valence-electron chi connectivity index (χ2n) is 5.77. The van der Waals surface area contributed by atoms with Crippen LogP contribution < -0.4 is 15.5 Å². The zero-order valence-electron chi connectivity index (χ0n) is 14.3. The molecule has 6 nitrogen and oxygen atoms in total. The number of aliphatic imine (C=N–C) groups is 1. The smallest absolute Gasteiger partial charge is 0.191 e. The molecule has 1 saturated heterocycles. The molecule has 1 aromatic rings. The molecule has 1 aliphatic heterocycles. The fourth-order valence-corrected chi connectivity index (χ4v) is 2.69. The Morgan fingerprint density at radius 2 is 2.00 bits per heavy atom. The van der Waals surface area contributed by atoms with Gasteiger partial charge in [0.05, 0.1) is 6.61 Å². The molecule has 1 aromatic heterocycles. The maximum absolute atomic E-state index is 5.02. The summed E-state index contributed by atoms with van der Waals surface area (Å²) in [5, 5.41) is 6.48. The average Bonchev–Trinajstić information content (AvgIpc) is 2.88. The Balaban J connectivity index is 1.82. The van der Waals surface area contributed by atoms with Crippen LogP contribution in [0.2, 0.25) is 0 Å². The maximum Gasteiger partial charge on any atom is 0.191 e. The van der Waals surface area contributed by atoms with Crippen molar-refractivity contribution in [3.8, 4) is 0 Å². The maximum atomic E-state index is 5.02. The van der Waals surface area contributed by atoms with E-state index in [0.717, 1.165) is 37.0 Å². The first-order valence-corrected chi connectivity index (χ1v) is 8.47. The Bertz CT molecular complexity index is 466. The van der Waals surface area contributed by atoms with Gasteiger partial charge in [0, 0.05) is 46.5 Å². The minimum Gasteiger partial charge on any atom is -0.383 e. The van der Waals surface area contributed by atoms with Gasteiger partial charge in [-0.25, -0.2) is 4.98 Å². The number of rotatable bonds is 6. The lowest BCUT2D eigenvalue weighted by Crippen LogP contribution is -2.38. The van der Waals surface area contributed by atoms with Crippen LogP contribution in [-0.4, -0.2) is 51.3 Å². The zero-order valence-corrected chi connectivity index (χ0v) is 14.3. The zero-order chi connectivity index (χ0) is 16.3. The minimum absolute atomic E-state index is 0.660. The van der Waals surface area contributed by atoms with Gasteiger partial charge in [-0.15, -0.1) is 0 Å². The lowest BCUT2D eigenvalue weighted by molar-refractivity contribution is 0.203. The monoisotopic (exact) mass is 319 g/mol. The molecule has 6 heteroatoms. The molecule has 23 heavy (non-hydrogen) atoms. The van der Waals surface area contributed by atoms with Gasteiger partial charge in [0.1, 0.15) is 5.82 Å². The molecule has 0 aliphatic carbocycles. The van der Waals surface area contributed by atoms with E-state index in [2.05, 4.69) is 37.6 Å². The third kappa shape index (κ3) is 6.06. The third-order valence-electron chi connectivity index (χ3n) is 4.02. The van der Waals surface area contributed by atoms with Gasteiger partial charge in [0.15, 0.2) is 5.96 Å². The summed E-state index contributed by atoms with van der Waals surface area (Å²) in [6.07, 6.45) is 7.18. The van der Waals surface area contributed by atoms with Crippen LogP contribution in [0.4, 0.5) is 5.82 Å². The van der Waals surface area contributed by atoms with E-state index in [1.807, 2.05) is 6.20 Å². The third-order valence-corrected chi connectivity index (χ3v) is 4.02. The Morgan fingerprint density at radius 1 is 1.22 bits per heavy atom. The largest absolute Gasteiger partial charge is 0.383 e. The van der Waals surface area contributed by atoms with E-state index >= 15 is 0 Å². The van der Waals surface area contributed by atoms with Crippen LogP contribution in [0.3, 0.4) is 0 Å². The van der Waals surface area contributed by atoms with Crippen LogP contribution in [-0.2, 0) is 11.3 Å². The molecule has 2 N–H and O–H groups in total. The Kier molecular flexibility index (Phi) is 7.66. The van der Waals surface area contributed by atoms with Crippen LogP contribution in [0.5, 0.6) is 0 Å². The summed E-state index contributed by atoms with van der Waals surface area (Å²) < 4.78 is 5.02. The number of hydrogen-bond acceptors (Lipinski definition) is 4. The van der Waals surface area contributed by atoms with E-state index in [9.17, 15) is 0 Å². The highest BCUT2D eigenvalue weighted by Gasteiger charge is 2.10. The molecule has 0 atom stereocenters. The van der Waals surface area contributed by atoms with Gasteiger partial charge >= 0.3 is 0 Å². The number of methoxy groups -OCH3 is 1. The summed E-state index contributed by atoms with van der Waals surface area (Å²) >= 11 is 0. The van der Waals surface area contributed by atoms with E-state index in [1.165, 1.54) is 25.7 Å². The second-order valence-corrected chi connectivity index (χ2v) is 5.77. The van der Waals surface area contributed by atoms with Crippen molar-refractivity contribution in [1.82, 2.24) is 15.6 Å². The summed E-state index contributed by atoms with van der Waals surface area (Å²) in [6, 6.07) is 4.27. The molecule has 0 bridgehead atoms. The van der Waals surface area contributed by atoms with E-state index in [1.54, 1.807) is 14.2 Å². The fourth-order valence-electron chi connectivity index (χ4n) is 2.69. The van der Waals surface area contributed by atoms with Gasteiger partial charge in [-0.1, -0.05) is 18.9 Å². The first-order valence-electron chi connectivity index (χ1n) is 8.47. The van der Waals surface area contributed by atoms with Crippen LogP contribution >= 0.6 is 0 Å². The molecule has 1 fully saturated rings. The number of hydrogen-bond donors (Lipinski definition) is 2. The molecule has 0 aromatic carbocycles. The van der Waals surface area contributed by atoms with Crippen molar-refractivity contribution in [2.75, 3.05) is 45.3 Å². The SMILES string of the molecule is CN=C(NCCOC)NCc1ccc(N2CCCCCC2)nc1. The van der Waals surface area contributed by atoms with Gasteiger partial charge in [0.25, 0.3) is 0 Å². The molecule has 0 amide bonds. The fraction of sp³-hybridized carbons (Fsp3) is 0.647. The summed E-state index contributed by atoms with van der Waals surface area (Å²) in [5.74, 6) is 1.87. The van der Waals surface area contributed by atoms with E-state index < -0.39 is 0 Å². The predicted molar refractivity (Wildman–Crippen MR) is 95.0 cm³/mol. The molecule has 1 aliphatic rings. The molecule has 2 rings (SSSR count). The first kappa shape index (κ1) is 17.5. The van der Waals surface area contributed by atoms with E-state index in [-0.39, 0.29) is 0 Å². The number of guanidine groups is 1. The van der Waals surface area contributed by atoms with Crippen LogP contribution in [0.1, 0.15) is 31.2 Å². The Hall–Kier alpha value is -1.82. The van der Waals surface area contributed by atoms with Gasteiger partial charge in [-0.3, -0.25) is 4.99 Å². The standard InChI is InChI=1S/C17H29N5O/c1-18-17(19-9-12-23-2)21-14-15-7-8-16(20-13-15)22-10-5-3-4-6-11-22/h7-8,13H,3-6,9-12,14H2,1-2H3,(H2,18,19,21). The topological polar surface area (TPSA) is 61.8 Å². The van der Waals surface area contributed by atoms with Crippen LogP contribution in [0.25, 0.3) is 0 Å². The minimum atomic E-state index is 0.660. The van der Waals surface area contributed by atoms with E-state index in [4.69, 9.17) is 4.74 Å². The van der Waals surface area contributed by atoms with Crippen molar-refractivity contribution < 1.29 is 4.74 Å². The molecular formula is C17H29N5O. The molecule has 2 heterocycles. The average molecular weight is 319 g/mol. The lowest BCUT2D eigenvalue weighted by Gasteiger charge is -2.21. The number of anilines is 1. The summed E-state index contributed by atoms with van der Waals surface area (Å²) in [6.45, 7) is 4.36. The molecule has 0 saturated carbocycles. The van der Waals surface area contributed by atoms with Crippen LogP contribution in [0, 0.1) is 0 Å².